The number of hydrazine groups is 1. The quantitative estimate of drug-likeness (QED) is 0.835. The van der Waals surface area contributed by atoms with Gasteiger partial charge < -0.3 is 4.74 Å². The van der Waals surface area contributed by atoms with E-state index in [0.29, 0.717) is 0 Å². The molecule has 2 rings (SSSR count). The minimum atomic E-state index is -4.50. The molecule has 126 valence electrons. The Kier molecular flexibility index (Phi) is 5.35. The van der Waals surface area contributed by atoms with Crippen LogP contribution in [0.1, 0.15) is 15.9 Å². The molecule has 24 heavy (non-hydrogen) atoms. The van der Waals surface area contributed by atoms with E-state index in [1.54, 1.807) is 6.07 Å². The topological polar surface area (TPSA) is 80.3 Å². The zero-order valence-electron chi connectivity index (χ0n) is 12.1. The molecule has 0 aliphatic carbocycles. The van der Waals surface area contributed by atoms with Gasteiger partial charge in [-0.3, -0.25) is 25.4 Å². The van der Waals surface area contributed by atoms with Crippen LogP contribution in [0.25, 0.3) is 0 Å². The predicted octanol–water partition coefficient (Wildman–Crippen LogP) is 1.94. The summed E-state index contributed by atoms with van der Waals surface area (Å²) in [6.45, 7) is -0.561. The fraction of sp³-hybridized carbons (Fsp3) is 0.133. The van der Waals surface area contributed by atoms with E-state index in [0.717, 1.165) is 12.1 Å². The normalized spacial score (nSPS) is 10.8. The molecule has 0 spiro atoms. The van der Waals surface area contributed by atoms with Gasteiger partial charge in [0, 0.05) is 12.4 Å². The molecular formula is C15H12F3N3O3. The second kappa shape index (κ2) is 7.44. The molecule has 2 amide bonds. The Labute approximate surface area is 134 Å². The predicted molar refractivity (Wildman–Crippen MR) is 76.8 cm³/mol. The van der Waals surface area contributed by atoms with Crippen molar-refractivity contribution in [1.82, 2.24) is 15.8 Å². The molecule has 0 unspecified atom stereocenters. The number of amides is 2. The third kappa shape index (κ3) is 4.97. The van der Waals surface area contributed by atoms with Gasteiger partial charge in [0.2, 0.25) is 0 Å². The molecule has 1 aromatic carbocycles. The zero-order chi connectivity index (χ0) is 17.6. The highest BCUT2D eigenvalue weighted by molar-refractivity contribution is 5.95. The van der Waals surface area contributed by atoms with E-state index in [1.165, 1.54) is 30.6 Å². The highest BCUT2D eigenvalue weighted by Gasteiger charge is 2.30. The largest absolute Gasteiger partial charge is 0.484 e. The SMILES string of the molecule is O=C(COc1cccc(C(F)(F)F)c1)NNC(=O)c1cccnc1. The van der Waals surface area contributed by atoms with Crippen LogP contribution in [0.3, 0.4) is 0 Å². The summed E-state index contributed by atoms with van der Waals surface area (Å²) in [4.78, 5) is 26.9. The van der Waals surface area contributed by atoms with Gasteiger partial charge in [-0.2, -0.15) is 13.2 Å². The van der Waals surface area contributed by atoms with Gasteiger partial charge in [-0.25, -0.2) is 0 Å². The van der Waals surface area contributed by atoms with Crippen molar-refractivity contribution < 1.29 is 27.5 Å². The first-order valence-corrected chi connectivity index (χ1v) is 6.65. The number of hydrogen-bond donors (Lipinski definition) is 2. The van der Waals surface area contributed by atoms with Crippen LogP contribution < -0.4 is 15.6 Å². The van der Waals surface area contributed by atoms with Crippen molar-refractivity contribution in [3.63, 3.8) is 0 Å². The van der Waals surface area contributed by atoms with E-state index in [2.05, 4.69) is 15.8 Å². The third-order valence-corrected chi connectivity index (χ3v) is 2.77. The van der Waals surface area contributed by atoms with Crippen LogP contribution in [0.15, 0.2) is 48.8 Å². The van der Waals surface area contributed by atoms with Crippen LogP contribution in [0, 0.1) is 0 Å². The summed E-state index contributed by atoms with van der Waals surface area (Å²) in [6, 6.07) is 7.17. The summed E-state index contributed by atoms with van der Waals surface area (Å²) >= 11 is 0. The smallest absolute Gasteiger partial charge is 0.416 e. The van der Waals surface area contributed by atoms with E-state index < -0.39 is 30.2 Å². The maximum Gasteiger partial charge on any atom is 0.416 e. The van der Waals surface area contributed by atoms with Gasteiger partial charge in [0.1, 0.15) is 5.75 Å². The molecule has 0 saturated carbocycles. The van der Waals surface area contributed by atoms with Crippen molar-refractivity contribution in [3.8, 4) is 5.75 Å². The number of nitrogens with one attached hydrogen (secondary N) is 2. The molecule has 6 nitrogen and oxygen atoms in total. The molecule has 0 aliphatic heterocycles. The van der Waals surface area contributed by atoms with Gasteiger partial charge in [-0.15, -0.1) is 0 Å². The van der Waals surface area contributed by atoms with Crippen molar-refractivity contribution in [2.24, 2.45) is 0 Å². The molecule has 0 saturated heterocycles. The summed E-state index contributed by atoms with van der Waals surface area (Å²) in [6.07, 6.45) is -1.71. The molecule has 0 atom stereocenters. The van der Waals surface area contributed by atoms with Crippen LogP contribution in [0.4, 0.5) is 13.2 Å². The van der Waals surface area contributed by atoms with Crippen molar-refractivity contribution in [1.29, 1.82) is 0 Å². The summed E-state index contributed by atoms with van der Waals surface area (Å²) in [5.41, 5.74) is 3.56. The monoisotopic (exact) mass is 339 g/mol. The number of halogens is 3. The summed E-state index contributed by atoms with van der Waals surface area (Å²) in [5.74, 6) is -1.43. The van der Waals surface area contributed by atoms with Gasteiger partial charge >= 0.3 is 6.18 Å². The molecule has 1 aromatic heterocycles. The van der Waals surface area contributed by atoms with Crippen molar-refractivity contribution in [2.75, 3.05) is 6.61 Å². The van der Waals surface area contributed by atoms with E-state index >= 15 is 0 Å². The van der Waals surface area contributed by atoms with Gasteiger partial charge in [0.05, 0.1) is 11.1 Å². The lowest BCUT2D eigenvalue weighted by molar-refractivity contribution is -0.137. The first-order valence-electron chi connectivity index (χ1n) is 6.65. The average Bonchev–Trinajstić information content (AvgIpc) is 2.58. The van der Waals surface area contributed by atoms with E-state index in [9.17, 15) is 22.8 Å². The number of nitrogens with zero attached hydrogens (tertiary/aromatic N) is 1. The van der Waals surface area contributed by atoms with Gasteiger partial charge in [0.15, 0.2) is 6.61 Å². The summed E-state index contributed by atoms with van der Waals surface area (Å²) < 4.78 is 42.6. The van der Waals surface area contributed by atoms with E-state index in [-0.39, 0.29) is 11.3 Å². The fourth-order valence-corrected chi connectivity index (χ4v) is 1.64. The van der Waals surface area contributed by atoms with Crippen molar-refractivity contribution >= 4 is 11.8 Å². The number of pyridine rings is 1. The highest BCUT2D eigenvalue weighted by atomic mass is 19.4. The maximum atomic E-state index is 12.6. The van der Waals surface area contributed by atoms with E-state index in [4.69, 9.17) is 4.74 Å². The van der Waals surface area contributed by atoms with Crippen LogP contribution in [0.2, 0.25) is 0 Å². The first kappa shape index (κ1) is 17.3. The van der Waals surface area contributed by atoms with Crippen molar-refractivity contribution in [2.45, 2.75) is 6.18 Å². The Morgan fingerprint density at radius 1 is 1.12 bits per heavy atom. The fourth-order valence-electron chi connectivity index (χ4n) is 1.64. The summed E-state index contributed by atoms with van der Waals surface area (Å²) in [5, 5.41) is 0. The second-order valence-electron chi connectivity index (χ2n) is 4.56. The minimum absolute atomic E-state index is 0.112. The first-order chi connectivity index (χ1) is 11.4. The van der Waals surface area contributed by atoms with E-state index in [1.807, 2.05) is 0 Å². The van der Waals surface area contributed by atoms with Crippen LogP contribution in [0.5, 0.6) is 5.75 Å². The standard InChI is InChI=1S/C15H12F3N3O3/c16-15(17,18)11-4-1-5-12(7-11)24-9-13(22)20-21-14(23)10-3-2-6-19-8-10/h1-8H,9H2,(H,20,22)(H,21,23). The number of ether oxygens (including phenoxy) is 1. The molecule has 2 N–H and O–H groups in total. The Bertz CT molecular complexity index is 721. The van der Waals surface area contributed by atoms with Crippen LogP contribution in [-0.2, 0) is 11.0 Å². The number of carbonyl (C=O) groups excluding carboxylic acids is 2. The number of carbonyl (C=O) groups is 2. The van der Waals surface area contributed by atoms with Gasteiger partial charge in [-0.1, -0.05) is 6.07 Å². The molecule has 0 fully saturated rings. The minimum Gasteiger partial charge on any atom is -0.484 e. The van der Waals surface area contributed by atoms with Crippen LogP contribution in [-0.4, -0.2) is 23.4 Å². The van der Waals surface area contributed by atoms with Gasteiger partial charge in [-0.05, 0) is 30.3 Å². The Morgan fingerprint density at radius 3 is 2.58 bits per heavy atom. The number of aromatic nitrogens is 1. The molecule has 2 aromatic rings. The Balaban J connectivity index is 1.82. The molecule has 0 bridgehead atoms. The maximum absolute atomic E-state index is 12.6. The molecule has 9 heteroatoms. The summed E-state index contributed by atoms with van der Waals surface area (Å²) in [7, 11) is 0. The lowest BCUT2D eigenvalue weighted by atomic mass is 10.2. The van der Waals surface area contributed by atoms with Crippen LogP contribution >= 0.6 is 0 Å². The second-order valence-corrected chi connectivity index (χ2v) is 4.56. The lowest BCUT2D eigenvalue weighted by Crippen LogP contribution is -2.43. The zero-order valence-corrected chi connectivity index (χ0v) is 12.1. The molecule has 0 radical (unpaired) electrons. The number of alkyl halides is 3. The molecule has 0 aliphatic rings. The molecule has 1 heterocycles. The Hall–Kier alpha value is -3.10. The Morgan fingerprint density at radius 2 is 1.92 bits per heavy atom. The number of rotatable bonds is 4. The average molecular weight is 339 g/mol. The van der Waals surface area contributed by atoms with Crippen molar-refractivity contribution in [3.05, 3.63) is 59.9 Å². The number of hydrogen-bond acceptors (Lipinski definition) is 4. The van der Waals surface area contributed by atoms with Gasteiger partial charge in [0.25, 0.3) is 11.8 Å². The lowest BCUT2D eigenvalue weighted by Gasteiger charge is -2.11. The highest BCUT2D eigenvalue weighted by Crippen LogP contribution is 2.31. The number of benzene rings is 1. The molecular weight excluding hydrogens is 327 g/mol. The third-order valence-electron chi connectivity index (χ3n) is 2.77.